The van der Waals surface area contributed by atoms with Crippen molar-refractivity contribution >= 4 is 0 Å². The molecule has 1 aliphatic rings. The van der Waals surface area contributed by atoms with Crippen LogP contribution in [-0.2, 0) is 0 Å². The van der Waals surface area contributed by atoms with Crippen LogP contribution in [0.25, 0.3) is 0 Å². The maximum atomic E-state index is 9.76. The van der Waals surface area contributed by atoms with Crippen molar-refractivity contribution in [3.8, 4) is 0 Å². The van der Waals surface area contributed by atoms with Crippen molar-refractivity contribution in [2.75, 3.05) is 27.2 Å². The van der Waals surface area contributed by atoms with E-state index < -0.39 is 0 Å². The van der Waals surface area contributed by atoms with Gasteiger partial charge in [-0.2, -0.15) is 0 Å². The molecule has 0 amide bonds. The molecule has 0 radical (unpaired) electrons. The monoisotopic (exact) mass is 186 g/mol. The van der Waals surface area contributed by atoms with Gasteiger partial charge in [0.05, 0.1) is 6.10 Å². The molecule has 0 aromatic rings. The summed E-state index contributed by atoms with van der Waals surface area (Å²) in [6.45, 7) is 4.18. The first-order valence-electron chi connectivity index (χ1n) is 5.21. The van der Waals surface area contributed by atoms with Gasteiger partial charge in [-0.15, -0.1) is 0 Å². The second-order valence-electron chi connectivity index (χ2n) is 4.18. The van der Waals surface area contributed by atoms with Crippen molar-refractivity contribution < 1.29 is 5.11 Å². The van der Waals surface area contributed by atoms with Crippen LogP contribution >= 0.6 is 0 Å². The van der Waals surface area contributed by atoms with E-state index in [2.05, 4.69) is 17.3 Å². The van der Waals surface area contributed by atoms with Crippen LogP contribution in [0.3, 0.4) is 0 Å². The van der Waals surface area contributed by atoms with Crippen molar-refractivity contribution in [3.05, 3.63) is 0 Å². The summed E-state index contributed by atoms with van der Waals surface area (Å²) in [5.41, 5.74) is 0. The Labute approximate surface area is 81.1 Å². The molecular formula is C10H22N2O. The van der Waals surface area contributed by atoms with Gasteiger partial charge in [0.25, 0.3) is 0 Å². The lowest BCUT2D eigenvalue weighted by atomic mass is 9.89. The lowest BCUT2D eigenvalue weighted by Crippen LogP contribution is -2.49. The zero-order valence-corrected chi connectivity index (χ0v) is 8.95. The second-order valence-corrected chi connectivity index (χ2v) is 4.18. The molecule has 0 aromatic carbocycles. The SMILES string of the molecule is CCC(O)C1CC(NC)CN(C)C1. The molecule has 0 saturated carbocycles. The summed E-state index contributed by atoms with van der Waals surface area (Å²) in [6, 6.07) is 0.546. The molecule has 13 heavy (non-hydrogen) atoms. The van der Waals surface area contributed by atoms with E-state index in [-0.39, 0.29) is 6.10 Å². The fourth-order valence-electron chi connectivity index (χ4n) is 2.19. The van der Waals surface area contributed by atoms with Crippen LogP contribution in [0.5, 0.6) is 0 Å². The highest BCUT2D eigenvalue weighted by molar-refractivity contribution is 4.84. The molecule has 3 heteroatoms. The van der Waals surface area contributed by atoms with E-state index in [0.29, 0.717) is 12.0 Å². The van der Waals surface area contributed by atoms with Crippen LogP contribution in [0.2, 0.25) is 0 Å². The van der Waals surface area contributed by atoms with E-state index in [4.69, 9.17) is 0 Å². The van der Waals surface area contributed by atoms with Crippen molar-refractivity contribution in [1.29, 1.82) is 0 Å². The number of piperidine rings is 1. The van der Waals surface area contributed by atoms with E-state index in [1.807, 2.05) is 14.0 Å². The number of nitrogens with zero attached hydrogens (tertiary/aromatic N) is 1. The Balaban J connectivity index is 2.46. The van der Waals surface area contributed by atoms with E-state index in [1.165, 1.54) is 0 Å². The van der Waals surface area contributed by atoms with Crippen LogP contribution in [0.1, 0.15) is 19.8 Å². The Kier molecular flexibility index (Phi) is 4.16. The van der Waals surface area contributed by atoms with Gasteiger partial charge in [-0.1, -0.05) is 6.92 Å². The van der Waals surface area contributed by atoms with Gasteiger partial charge in [-0.05, 0) is 32.9 Å². The van der Waals surface area contributed by atoms with Crippen LogP contribution in [0.15, 0.2) is 0 Å². The number of rotatable bonds is 3. The van der Waals surface area contributed by atoms with E-state index in [0.717, 1.165) is 25.9 Å². The van der Waals surface area contributed by atoms with Gasteiger partial charge in [0.15, 0.2) is 0 Å². The molecule has 0 aliphatic carbocycles. The molecule has 0 aromatic heterocycles. The van der Waals surface area contributed by atoms with Gasteiger partial charge in [-0.3, -0.25) is 0 Å². The molecule has 3 nitrogen and oxygen atoms in total. The summed E-state index contributed by atoms with van der Waals surface area (Å²) in [5, 5.41) is 13.0. The Morgan fingerprint density at radius 3 is 2.77 bits per heavy atom. The summed E-state index contributed by atoms with van der Waals surface area (Å²) >= 11 is 0. The van der Waals surface area contributed by atoms with Crippen molar-refractivity contribution in [3.63, 3.8) is 0 Å². The third-order valence-electron chi connectivity index (χ3n) is 3.04. The molecule has 1 rings (SSSR count). The molecule has 2 N–H and O–H groups in total. The average molecular weight is 186 g/mol. The highest BCUT2D eigenvalue weighted by atomic mass is 16.3. The summed E-state index contributed by atoms with van der Waals surface area (Å²) < 4.78 is 0. The number of likely N-dealkylation sites (tertiary alicyclic amines) is 1. The minimum Gasteiger partial charge on any atom is -0.393 e. The Morgan fingerprint density at radius 2 is 2.23 bits per heavy atom. The number of aliphatic hydroxyl groups is 1. The molecule has 1 fully saturated rings. The first kappa shape index (κ1) is 11.0. The average Bonchev–Trinajstić information content (AvgIpc) is 2.15. The van der Waals surface area contributed by atoms with E-state index >= 15 is 0 Å². The summed E-state index contributed by atoms with van der Waals surface area (Å²) in [6.07, 6.45) is 1.85. The zero-order valence-electron chi connectivity index (χ0n) is 8.95. The third kappa shape index (κ3) is 2.93. The highest BCUT2D eigenvalue weighted by Gasteiger charge is 2.28. The largest absolute Gasteiger partial charge is 0.393 e. The summed E-state index contributed by atoms with van der Waals surface area (Å²) in [4.78, 5) is 2.30. The zero-order chi connectivity index (χ0) is 9.84. The molecule has 1 saturated heterocycles. The topological polar surface area (TPSA) is 35.5 Å². The fraction of sp³-hybridized carbons (Fsp3) is 1.00. The van der Waals surface area contributed by atoms with Crippen molar-refractivity contribution in [2.24, 2.45) is 5.92 Å². The number of likely N-dealkylation sites (N-methyl/N-ethyl adjacent to an activating group) is 2. The summed E-state index contributed by atoms with van der Waals surface area (Å²) in [5.74, 6) is 0.446. The van der Waals surface area contributed by atoms with Crippen LogP contribution in [0.4, 0.5) is 0 Å². The molecule has 1 aliphatic heterocycles. The van der Waals surface area contributed by atoms with Gasteiger partial charge in [0.1, 0.15) is 0 Å². The van der Waals surface area contributed by atoms with Gasteiger partial charge >= 0.3 is 0 Å². The van der Waals surface area contributed by atoms with Crippen LogP contribution in [-0.4, -0.2) is 49.3 Å². The molecular weight excluding hydrogens is 164 g/mol. The van der Waals surface area contributed by atoms with Gasteiger partial charge in [0, 0.05) is 19.1 Å². The number of aliphatic hydroxyl groups excluding tert-OH is 1. The number of hydrogen-bond donors (Lipinski definition) is 2. The number of hydrogen-bond acceptors (Lipinski definition) is 3. The Bertz CT molecular complexity index is 152. The Morgan fingerprint density at radius 1 is 1.54 bits per heavy atom. The van der Waals surface area contributed by atoms with Gasteiger partial charge < -0.3 is 15.3 Å². The minimum atomic E-state index is -0.126. The van der Waals surface area contributed by atoms with Crippen LogP contribution in [0, 0.1) is 5.92 Å². The minimum absolute atomic E-state index is 0.126. The lowest BCUT2D eigenvalue weighted by molar-refractivity contribution is 0.0458. The Hall–Kier alpha value is -0.120. The number of nitrogens with one attached hydrogen (secondary N) is 1. The first-order valence-corrected chi connectivity index (χ1v) is 5.21. The van der Waals surface area contributed by atoms with Crippen molar-refractivity contribution in [2.45, 2.75) is 31.9 Å². The first-order chi connectivity index (χ1) is 6.17. The van der Waals surface area contributed by atoms with Crippen LogP contribution < -0.4 is 5.32 Å². The molecule has 0 bridgehead atoms. The second kappa shape index (κ2) is 4.94. The maximum absolute atomic E-state index is 9.76. The normalized spacial score (nSPS) is 33.2. The smallest absolute Gasteiger partial charge is 0.0578 e. The summed E-state index contributed by atoms with van der Waals surface area (Å²) in [7, 11) is 4.12. The molecule has 3 unspecified atom stereocenters. The molecule has 1 heterocycles. The van der Waals surface area contributed by atoms with Crippen molar-refractivity contribution in [1.82, 2.24) is 10.2 Å². The third-order valence-corrected chi connectivity index (χ3v) is 3.04. The lowest BCUT2D eigenvalue weighted by Gasteiger charge is -2.37. The van der Waals surface area contributed by atoms with E-state index in [1.54, 1.807) is 0 Å². The van der Waals surface area contributed by atoms with Gasteiger partial charge in [0.2, 0.25) is 0 Å². The quantitative estimate of drug-likeness (QED) is 0.665. The predicted molar refractivity (Wildman–Crippen MR) is 54.7 cm³/mol. The molecule has 78 valence electrons. The maximum Gasteiger partial charge on any atom is 0.0578 e. The predicted octanol–water partition coefficient (Wildman–Crippen LogP) is 0.297. The van der Waals surface area contributed by atoms with E-state index in [9.17, 15) is 5.11 Å². The van der Waals surface area contributed by atoms with Gasteiger partial charge in [-0.25, -0.2) is 0 Å². The fourth-order valence-corrected chi connectivity index (χ4v) is 2.19. The molecule has 3 atom stereocenters. The molecule has 0 spiro atoms. The standard InChI is InChI=1S/C10H22N2O/c1-4-10(13)8-5-9(11-2)7-12(3)6-8/h8-11,13H,4-7H2,1-3H3. The highest BCUT2D eigenvalue weighted by Crippen LogP contribution is 2.20.